The number of rotatable bonds is 4. The first-order valence-electron chi connectivity index (χ1n) is 5.55. The maximum atomic E-state index is 11.5. The number of thiazole rings is 1. The van der Waals surface area contributed by atoms with Crippen molar-refractivity contribution in [2.75, 3.05) is 17.7 Å². The van der Waals surface area contributed by atoms with Crippen molar-refractivity contribution in [2.24, 2.45) is 0 Å². The smallest absolute Gasteiger partial charge is 0.357 e. The van der Waals surface area contributed by atoms with Gasteiger partial charge in [0.25, 0.3) is 0 Å². The number of aromatic nitrogens is 1. The molecule has 0 aliphatic heterocycles. The molecule has 0 radical (unpaired) electrons. The molecule has 5 nitrogen and oxygen atoms in total. The van der Waals surface area contributed by atoms with Crippen LogP contribution in [-0.4, -0.2) is 17.6 Å². The van der Waals surface area contributed by atoms with Crippen molar-refractivity contribution in [1.29, 1.82) is 0 Å². The Kier molecular flexibility index (Phi) is 4.24. The summed E-state index contributed by atoms with van der Waals surface area (Å²) in [5.41, 5.74) is 7.23. The molecule has 3 N–H and O–H groups in total. The topological polar surface area (TPSA) is 77.2 Å². The third-order valence-corrected chi connectivity index (χ3v) is 3.34. The fourth-order valence-corrected chi connectivity index (χ4v) is 2.19. The Hall–Kier alpha value is -1.79. The van der Waals surface area contributed by atoms with Gasteiger partial charge in [-0.25, -0.2) is 9.78 Å². The molecule has 100 valence electrons. The predicted molar refractivity (Wildman–Crippen MR) is 77.2 cm³/mol. The zero-order valence-corrected chi connectivity index (χ0v) is 11.7. The quantitative estimate of drug-likeness (QED) is 0.669. The van der Waals surface area contributed by atoms with E-state index in [0.29, 0.717) is 22.4 Å². The van der Waals surface area contributed by atoms with E-state index < -0.39 is 5.97 Å². The summed E-state index contributed by atoms with van der Waals surface area (Å²) in [6, 6.07) is 5.18. The summed E-state index contributed by atoms with van der Waals surface area (Å²) in [6.07, 6.45) is 0. The number of esters is 1. The third-order valence-electron chi connectivity index (χ3n) is 2.24. The number of nitrogen functional groups attached to an aromatic ring is 1. The van der Waals surface area contributed by atoms with Crippen molar-refractivity contribution in [3.63, 3.8) is 0 Å². The van der Waals surface area contributed by atoms with E-state index in [-0.39, 0.29) is 5.69 Å². The Morgan fingerprint density at radius 2 is 2.37 bits per heavy atom. The van der Waals surface area contributed by atoms with Crippen LogP contribution in [0.15, 0.2) is 23.6 Å². The van der Waals surface area contributed by atoms with Gasteiger partial charge in [-0.05, 0) is 25.1 Å². The Bertz CT molecular complexity index is 600. The second-order valence-corrected chi connectivity index (χ2v) is 4.88. The number of carbonyl (C=O) groups excluding carboxylic acids is 1. The SMILES string of the molecule is CCOC(=O)c1csc(Nc2ccc(Cl)c(N)c2)n1. The number of nitrogens with two attached hydrogens (primary N) is 1. The first-order valence-corrected chi connectivity index (χ1v) is 6.80. The molecule has 0 saturated carbocycles. The largest absolute Gasteiger partial charge is 0.461 e. The molecular weight excluding hydrogens is 286 g/mol. The summed E-state index contributed by atoms with van der Waals surface area (Å²) < 4.78 is 4.87. The average Bonchev–Trinajstić information content (AvgIpc) is 2.83. The van der Waals surface area contributed by atoms with Gasteiger partial charge in [0, 0.05) is 11.1 Å². The molecule has 0 spiro atoms. The summed E-state index contributed by atoms with van der Waals surface area (Å²) in [4.78, 5) is 15.6. The first kappa shape index (κ1) is 13.6. The standard InChI is InChI=1S/C12H12ClN3O2S/c1-2-18-11(17)10-6-19-12(16-10)15-7-3-4-8(13)9(14)5-7/h3-6H,2,14H2,1H3,(H,15,16). The van der Waals surface area contributed by atoms with Crippen molar-refractivity contribution in [2.45, 2.75) is 6.92 Å². The molecule has 0 fully saturated rings. The molecule has 1 aromatic carbocycles. The highest BCUT2D eigenvalue weighted by Gasteiger charge is 2.11. The van der Waals surface area contributed by atoms with Gasteiger partial charge in [0.1, 0.15) is 0 Å². The van der Waals surface area contributed by atoms with E-state index in [4.69, 9.17) is 22.1 Å². The molecule has 1 aromatic heterocycles. The highest BCUT2D eigenvalue weighted by Crippen LogP contribution is 2.26. The molecular formula is C12H12ClN3O2S. The van der Waals surface area contributed by atoms with E-state index >= 15 is 0 Å². The number of hydrogen-bond donors (Lipinski definition) is 2. The molecule has 7 heteroatoms. The van der Waals surface area contributed by atoms with Crippen molar-refractivity contribution in [1.82, 2.24) is 4.98 Å². The molecule has 0 amide bonds. The van der Waals surface area contributed by atoms with Crippen molar-refractivity contribution in [3.05, 3.63) is 34.3 Å². The fraction of sp³-hybridized carbons (Fsp3) is 0.167. The minimum absolute atomic E-state index is 0.288. The highest BCUT2D eigenvalue weighted by molar-refractivity contribution is 7.14. The Morgan fingerprint density at radius 1 is 1.58 bits per heavy atom. The van der Waals surface area contributed by atoms with Crippen LogP contribution in [0.1, 0.15) is 17.4 Å². The molecule has 0 atom stereocenters. The Labute approximate surface area is 119 Å². The van der Waals surface area contributed by atoms with Crippen LogP contribution in [0.3, 0.4) is 0 Å². The van der Waals surface area contributed by atoms with Gasteiger partial charge in [-0.2, -0.15) is 0 Å². The molecule has 0 unspecified atom stereocenters. The number of anilines is 3. The number of nitrogens with one attached hydrogen (secondary N) is 1. The lowest BCUT2D eigenvalue weighted by atomic mass is 10.3. The maximum absolute atomic E-state index is 11.5. The maximum Gasteiger partial charge on any atom is 0.357 e. The average molecular weight is 298 g/mol. The number of ether oxygens (including phenoxy) is 1. The Morgan fingerprint density at radius 3 is 3.05 bits per heavy atom. The summed E-state index contributed by atoms with van der Waals surface area (Å²) in [6.45, 7) is 2.08. The van der Waals surface area contributed by atoms with E-state index in [0.717, 1.165) is 5.69 Å². The highest BCUT2D eigenvalue weighted by atomic mass is 35.5. The van der Waals surface area contributed by atoms with Crippen LogP contribution in [0.25, 0.3) is 0 Å². The summed E-state index contributed by atoms with van der Waals surface area (Å²) in [5, 5.41) is 5.77. The molecule has 19 heavy (non-hydrogen) atoms. The van der Waals surface area contributed by atoms with Crippen molar-refractivity contribution < 1.29 is 9.53 Å². The number of nitrogens with zero attached hydrogens (tertiary/aromatic N) is 1. The summed E-state index contributed by atoms with van der Waals surface area (Å²) >= 11 is 7.15. The van der Waals surface area contributed by atoms with Gasteiger partial charge in [0.05, 0.1) is 17.3 Å². The minimum atomic E-state index is -0.428. The second-order valence-electron chi connectivity index (χ2n) is 3.62. The van der Waals surface area contributed by atoms with E-state index in [1.54, 1.807) is 30.5 Å². The summed E-state index contributed by atoms with van der Waals surface area (Å²) in [7, 11) is 0. The zero-order valence-electron chi connectivity index (χ0n) is 10.1. The van der Waals surface area contributed by atoms with Gasteiger partial charge < -0.3 is 15.8 Å². The van der Waals surface area contributed by atoms with E-state index in [9.17, 15) is 4.79 Å². The Balaban J connectivity index is 2.11. The van der Waals surface area contributed by atoms with Crippen LogP contribution in [0.5, 0.6) is 0 Å². The summed E-state index contributed by atoms with van der Waals surface area (Å²) in [5.74, 6) is -0.428. The molecule has 2 rings (SSSR count). The molecule has 0 bridgehead atoms. The van der Waals surface area contributed by atoms with Crippen LogP contribution in [0.2, 0.25) is 5.02 Å². The van der Waals surface area contributed by atoms with Gasteiger partial charge in [-0.1, -0.05) is 11.6 Å². The van der Waals surface area contributed by atoms with Crippen LogP contribution in [-0.2, 0) is 4.74 Å². The lowest BCUT2D eigenvalue weighted by Crippen LogP contribution is -2.05. The molecule has 1 heterocycles. The van der Waals surface area contributed by atoms with Gasteiger partial charge in [-0.15, -0.1) is 11.3 Å². The first-order chi connectivity index (χ1) is 9.10. The molecule has 0 aliphatic carbocycles. The van der Waals surface area contributed by atoms with E-state index in [2.05, 4.69) is 10.3 Å². The van der Waals surface area contributed by atoms with Crippen LogP contribution in [0.4, 0.5) is 16.5 Å². The normalized spacial score (nSPS) is 10.2. The van der Waals surface area contributed by atoms with Crippen molar-refractivity contribution in [3.8, 4) is 0 Å². The van der Waals surface area contributed by atoms with Crippen molar-refractivity contribution >= 4 is 45.4 Å². The van der Waals surface area contributed by atoms with Gasteiger partial charge in [0.15, 0.2) is 10.8 Å². The molecule has 0 saturated heterocycles. The fourth-order valence-electron chi connectivity index (χ4n) is 1.37. The number of halogens is 1. The second kappa shape index (κ2) is 5.90. The van der Waals surface area contributed by atoms with Gasteiger partial charge in [-0.3, -0.25) is 0 Å². The van der Waals surface area contributed by atoms with Crippen LogP contribution >= 0.6 is 22.9 Å². The lowest BCUT2D eigenvalue weighted by molar-refractivity contribution is 0.0520. The number of carbonyl (C=O) groups is 1. The molecule has 2 aromatic rings. The zero-order chi connectivity index (χ0) is 13.8. The molecule has 0 aliphatic rings. The lowest BCUT2D eigenvalue weighted by Gasteiger charge is -2.04. The van der Waals surface area contributed by atoms with E-state index in [1.165, 1.54) is 11.3 Å². The number of hydrogen-bond acceptors (Lipinski definition) is 6. The predicted octanol–water partition coefficient (Wildman–Crippen LogP) is 3.30. The van der Waals surface area contributed by atoms with E-state index in [1.807, 2.05) is 0 Å². The van der Waals surface area contributed by atoms with Gasteiger partial charge >= 0.3 is 5.97 Å². The van der Waals surface area contributed by atoms with Gasteiger partial charge in [0.2, 0.25) is 0 Å². The van der Waals surface area contributed by atoms with Crippen LogP contribution in [0, 0.1) is 0 Å². The number of benzene rings is 1. The monoisotopic (exact) mass is 297 g/mol. The third kappa shape index (κ3) is 3.36. The van der Waals surface area contributed by atoms with Crippen LogP contribution < -0.4 is 11.1 Å². The minimum Gasteiger partial charge on any atom is -0.461 e.